The first-order valence-electron chi connectivity index (χ1n) is 17.0. The van der Waals surface area contributed by atoms with E-state index in [-0.39, 0.29) is 135 Å². The summed E-state index contributed by atoms with van der Waals surface area (Å²) in [5, 5.41) is 48.2. The lowest BCUT2D eigenvalue weighted by atomic mass is 10.2. The minimum Gasteiger partial charge on any atom is -0.380 e. The molecule has 0 aromatic rings. The summed E-state index contributed by atoms with van der Waals surface area (Å²) in [5.41, 5.74) is 0. The number of carbonyl (C=O) groups is 7. The molecular weight excluding hydrogens is 857 g/mol. The molecule has 0 saturated carbocycles. The number of nitrogens with zero attached hydrogens (tertiary/aromatic N) is 4. The van der Waals surface area contributed by atoms with Gasteiger partial charge in [-0.05, 0) is 0 Å². The molecule has 0 spiro atoms. The maximum Gasteiger partial charge on any atom is 0.249 e. The van der Waals surface area contributed by atoms with Crippen LogP contribution < -0.4 is 16.0 Å². The second kappa shape index (κ2) is 33.4. The highest BCUT2D eigenvalue weighted by molar-refractivity contribution is 14.1. The second-order valence-corrected chi connectivity index (χ2v) is 12.9. The molecule has 0 aliphatic carbocycles. The average molecular weight is 912 g/mol. The molecule has 7 N–H and O–H groups in total. The van der Waals surface area contributed by atoms with E-state index >= 15 is 0 Å². The number of rotatable bonds is 33. The number of hydrogen-bond acceptors (Lipinski definition) is 16. The second-order valence-electron chi connectivity index (χ2n) is 10.9. The maximum atomic E-state index is 12.1. The molecule has 0 atom stereocenters. The van der Waals surface area contributed by atoms with Gasteiger partial charge in [-0.3, -0.25) is 54.4 Å². The summed E-state index contributed by atoms with van der Waals surface area (Å²) in [6, 6.07) is 0. The van der Waals surface area contributed by atoms with Crippen molar-refractivity contribution in [3.8, 4) is 0 Å². The molecule has 24 heteroatoms. The molecular formula is C30H54IN7O15S. The highest BCUT2D eigenvalue weighted by Gasteiger charge is 2.15. The van der Waals surface area contributed by atoms with Gasteiger partial charge in [0.1, 0.15) is 0 Å². The fraction of sp³-hybridized carbons (Fsp3) is 0.767. The molecule has 0 aromatic heterocycles. The van der Waals surface area contributed by atoms with Crippen LogP contribution in [0.5, 0.6) is 0 Å². The van der Waals surface area contributed by atoms with Crippen LogP contribution in [-0.4, -0.2) is 191 Å². The summed E-state index contributed by atoms with van der Waals surface area (Å²) in [4.78, 5) is 82.4. The Hall–Kier alpha value is -2.95. The molecule has 0 rings (SSSR count). The summed E-state index contributed by atoms with van der Waals surface area (Å²) in [6.45, 7) is 2.27. The van der Waals surface area contributed by atoms with E-state index in [2.05, 4.69) is 38.5 Å². The quantitative estimate of drug-likeness (QED) is 0.00972. The Morgan fingerprint density at radius 3 is 1.37 bits per heavy atom. The number of amides is 7. The minimum absolute atomic E-state index is 0.00377. The van der Waals surface area contributed by atoms with Crippen LogP contribution in [-0.2, 0) is 52.5 Å². The van der Waals surface area contributed by atoms with Crippen LogP contribution >= 0.6 is 34.4 Å². The number of hydroxylamine groups is 8. The Kier molecular flexibility index (Phi) is 31.6. The van der Waals surface area contributed by atoms with Crippen molar-refractivity contribution in [2.45, 2.75) is 39.0 Å². The molecule has 54 heavy (non-hydrogen) atoms. The zero-order valence-electron chi connectivity index (χ0n) is 30.4. The zero-order chi connectivity index (χ0) is 40.6. The first kappa shape index (κ1) is 51.0. The third-order valence-electron chi connectivity index (χ3n) is 6.54. The van der Waals surface area contributed by atoms with Gasteiger partial charge in [0, 0.05) is 56.7 Å². The number of hydrogen-bond donors (Lipinski definition) is 7. The lowest BCUT2D eigenvalue weighted by Crippen LogP contribution is -2.34. The Morgan fingerprint density at radius 2 is 0.926 bits per heavy atom. The molecule has 0 aromatic carbocycles. The standard InChI is InChI=1S/C30H54IN7O15S/c1-24(39)35(46)11-19-51-16-8-32-25(40)2-4-28(43)36(47)12-20-52-17-9-33-26(41)3-5-29(44)37(48)13-21-53-18-10-34-27(42)22-54-23-38(49)30(45)6-14-50-15-7-31/h46-49H,2-23H2,1H3,(H,32,40)(H,33,41)(H,34,42). The van der Waals surface area contributed by atoms with Crippen LogP contribution in [0, 0.1) is 0 Å². The van der Waals surface area contributed by atoms with E-state index in [1.165, 1.54) is 6.92 Å². The molecule has 312 valence electrons. The first-order chi connectivity index (χ1) is 25.8. The van der Waals surface area contributed by atoms with Crippen molar-refractivity contribution in [2.24, 2.45) is 0 Å². The van der Waals surface area contributed by atoms with Crippen LogP contribution in [0.3, 0.4) is 0 Å². The summed E-state index contributed by atoms with van der Waals surface area (Å²) < 4.78 is 21.7. The Balaban J connectivity index is 3.80. The minimum atomic E-state index is -0.698. The molecule has 0 fully saturated rings. The summed E-state index contributed by atoms with van der Waals surface area (Å²) in [6.07, 6.45) is -0.838. The van der Waals surface area contributed by atoms with Crippen molar-refractivity contribution in [2.75, 3.05) is 108 Å². The van der Waals surface area contributed by atoms with E-state index in [4.69, 9.17) is 18.9 Å². The number of carbonyl (C=O) groups excluding carboxylic acids is 7. The van der Waals surface area contributed by atoms with Gasteiger partial charge in [0.25, 0.3) is 0 Å². The normalized spacial score (nSPS) is 10.7. The highest BCUT2D eigenvalue weighted by Crippen LogP contribution is 2.04. The van der Waals surface area contributed by atoms with Gasteiger partial charge in [-0.15, -0.1) is 11.8 Å². The van der Waals surface area contributed by atoms with Crippen LogP contribution in [0.1, 0.15) is 39.0 Å². The number of thioether (sulfide) groups is 1. The van der Waals surface area contributed by atoms with Crippen LogP contribution in [0.4, 0.5) is 0 Å². The van der Waals surface area contributed by atoms with Crippen LogP contribution in [0.15, 0.2) is 0 Å². The van der Waals surface area contributed by atoms with Crippen molar-refractivity contribution in [3.05, 3.63) is 0 Å². The Labute approximate surface area is 331 Å². The van der Waals surface area contributed by atoms with Crippen molar-refractivity contribution in [1.82, 2.24) is 36.2 Å². The predicted molar refractivity (Wildman–Crippen MR) is 196 cm³/mol. The monoisotopic (exact) mass is 911 g/mol. The smallest absolute Gasteiger partial charge is 0.249 e. The van der Waals surface area contributed by atoms with Gasteiger partial charge in [-0.1, -0.05) is 22.6 Å². The lowest BCUT2D eigenvalue weighted by molar-refractivity contribution is -0.168. The molecule has 22 nitrogen and oxygen atoms in total. The Bertz CT molecular complexity index is 1130. The molecule has 0 aliphatic heterocycles. The van der Waals surface area contributed by atoms with Gasteiger partial charge in [0.05, 0.1) is 90.5 Å². The molecule has 0 heterocycles. The molecule has 0 radical (unpaired) electrons. The molecule has 0 bridgehead atoms. The van der Waals surface area contributed by atoms with Gasteiger partial charge in [-0.25, -0.2) is 20.3 Å². The molecule has 0 saturated heterocycles. The summed E-state index contributed by atoms with van der Waals surface area (Å²) in [5.74, 6) is -3.72. The number of ether oxygens (including phenoxy) is 4. The van der Waals surface area contributed by atoms with Crippen molar-refractivity contribution in [3.63, 3.8) is 0 Å². The van der Waals surface area contributed by atoms with Gasteiger partial charge < -0.3 is 34.9 Å². The fourth-order valence-corrected chi connectivity index (χ4v) is 4.63. The Morgan fingerprint density at radius 1 is 0.519 bits per heavy atom. The number of nitrogens with one attached hydrogen (secondary N) is 3. The third kappa shape index (κ3) is 29.4. The van der Waals surface area contributed by atoms with Crippen LogP contribution in [0.25, 0.3) is 0 Å². The van der Waals surface area contributed by atoms with Gasteiger partial charge in [-0.2, -0.15) is 0 Å². The first-order valence-corrected chi connectivity index (χ1v) is 19.7. The largest absolute Gasteiger partial charge is 0.380 e. The SMILES string of the molecule is CC(=O)N(O)CCOCCNC(=O)CCC(=O)N(O)CCOCCNC(=O)CCC(=O)N(O)CCOCCNC(=O)CSCN(O)C(=O)CCOCCI. The average Bonchev–Trinajstić information content (AvgIpc) is 3.14. The number of alkyl halides is 1. The van der Waals surface area contributed by atoms with E-state index in [1.54, 1.807) is 0 Å². The van der Waals surface area contributed by atoms with Gasteiger partial charge >= 0.3 is 0 Å². The summed E-state index contributed by atoms with van der Waals surface area (Å²) >= 11 is 3.19. The molecule has 0 unspecified atom stereocenters. The fourth-order valence-electron chi connectivity index (χ4n) is 3.62. The zero-order valence-corrected chi connectivity index (χ0v) is 33.4. The van der Waals surface area contributed by atoms with Crippen molar-refractivity contribution in [1.29, 1.82) is 0 Å². The molecule has 7 amide bonds. The van der Waals surface area contributed by atoms with E-state index < -0.39 is 35.4 Å². The van der Waals surface area contributed by atoms with E-state index in [1.807, 2.05) is 0 Å². The van der Waals surface area contributed by atoms with E-state index in [9.17, 15) is 54.4 Å². The predicted octanol–water partition coefficient (Wildman–Crippen LogP) is -1.63. The van der Waals surface area contributed by atoms with E-state index in [0.717, 1.165) is 16.2 Å². The maximum absolute atomic E-state index is 12.1. The summed E-state index contributed by atoms with van der Waals surface area (Å²) in [7, 11) is 0. The third-order valence-corrected chi connectivity index (χ3v) is 7.87. The van der Waals surface area contributed by atoms with E-state index in [0.29, 0.717) is 26.9 Å². The molecule has 0 aliphatic rings. The van der Waals surface area contributed by atoms with Crippen LogP contribution in [0.2, 0.25) is 0 Å². The highest BCUT2D eigenvalue weighted by atomic mass is 127. The lowest BCUT2D eigenvalue weighted by Gasteiger charge is -2.16. The van der Waals surface area contributed by atoms with Gasteiger partial charge in [0.2, 0.25) is 41.4 Å². The number of halogens is 1. The topological polar surface area (TPSA) is 286 Å². The van der Waals surface area contributed by atoms with Crippen molar-refractivity contribution >= 4 is 75.7 Å². The van der Waals surface area contributed by atoms with Gasteiger partial charge in [0.15, 0.2) is 0 Å². The van der Waals surface area contributed by atoms with Crippen molar-refractivity contribution < 1.29 is 73.3 Å².